The molecule has 96 valence electrons. The molecule has 0 aliphatic rings. The molecule has 0 unspecified atom stereocenters. The first kappa shape index (κ1) is 14.3. The monoisotopic (exact) mass is 256 g/mol. The average molecular weight is 257 g/mol. The molecule has 0 N–H and O–H groups in total. The lowest BCUT2D eigenvalue weighted by Crippen LogP contribution is -2.25. The number of halogens is 1. The molecular formula is C13H21ClN2O. The van der Waals surface area contributed by atoms with Gasteiger partial charge in [0.15, 0.2) is 0 Å². The fraction of sp³-hybridized carbons (Fsp3) is 0.615. The first-order valence-corrected chi connectivity index (χ1v) is 6.45. The van der Waals surface area contributed by atoms with E-state index in [-0.39, 0.29) is 0 Å². The average Bonchev–Trinajstić information content (AvgIpc) is 2.28. The van der Waals surface area contributed by atoms with Crippen molar-refractivity contribution in [3.63, 3.8) is 0 Å². The van der Waals surface area contributed by atoms with Crippen LogP contribution in [-0.4, -0.2) is 31.8 Å². The van der Waals surface area contributed by atoms with Gasteiger partial charge in [-0.25, -0.2) is 4.98 Å². The lowest BCUT2D eigenvalue weighted by atomic mass is 10.1. The molecule has 0 saturated heterocycles. The molecule has 17 heavy (non-hydrogen) atoms. The highest BCUT2D eigenvalue weighted by Gasteiger charge is 2.11. The predicted octanol–water partition coefficient (Wildman–Crippen LogP) is 2.91. The maximum absolute atomic E-state index is 6.00. The third kappa shape index (κ3) is 3.86. The Morgan fingerprint density at radius 1 is 1.41 bits per heavy atom. The van der Waals surface area contributed by atoms with Crippen LogP contribution in [0.2, 0.25) is 0 Å². The number of anilines is 1. The zero-order valence-electron chi connectivity index (χ0n) is 11.1. The summed E-state index contributed by atoms with van der Waals surface area (Å²) >= 11 is 6.00. The van der Waals surface area contributed by atoms with Crippen molar-refractivity contribution < 1.29 is 4.74 Å². The first-order chi connectivity index (χ1) is 8.10. The van der Waals surface area contributed by atoms with Crippen molar-refractivity contribution in [3.05, 3.63) is 22.9 Å². The Balaban J connectivity index is 2.87. The number of aromatic nitrogens is 1. The minimum absolute atomic E-state index is 0.493. The fourth-order valence-corrected chi connectivity index (χ4v) is 2.11. The Labute approximate surface area is 109 Å². The molecule has 0 saturated carbocycles. The highest BCUT2D eigenvalue weighted by molar-refractivity contribution is 6.17. The fourth-order valence-electron chi connectivity index (χ4n) is 1.78. The number of likely N-dealkylation sites (N-methyl/N-ethyl adjacent to an activating group) is 1. The van der Waals surface area contributed by atoms with Gasteiger partial charge in [0.25, 0.3) is 0 Å². The van der Waals surface area contributed by atoms with Crippen LogP contribution < -0.4 is 4.90 Å². The second-order valence-corrected chi connectivity index (χ2v) is 4.40. The molecule has 0 amide bonds. The summed E-state index contributed by atoms with van der Waals surface area (Å²) in [6, 6.07) is 2.07. The molecule has 0 aliphatic carbocycles. The molecule has 0 atom stereocenters. The zero-order valence-corrected chi connectivity index (χ0v) is 11.8. The van der Waals surface area contributed by atoms with E-state index in [1.54, 1.807) is 0 Å². The van der Waals surface area contributed by atoms with Crippen LogP contribution in [0.15, 0.2) is 6.07 Å². The van der Waals surface area contributed by atoms with Gasteiger partial charge in [-0.1, -0.05) is 0 Å². The van der Waals surface area contributed by atoms with Crippen LogP contribution in [0, 0.1) is 13.8 Å². The summed E-state index contributed by atoms with van der Waals surface area (Å²) in [5, 5.41) is 0. The van der Waals surface area contributed by atoms with Gasteiger partial charge in [-0.3, -0.25) is 0 Å². The summed E-state index contributed by atoms with van der Waals surface area (Å²) in [7, 11) is 2.02. The van der Waals surface area contributed by atoms with E-state index in [4.69, 9.17) is 16.3 Å². The predicted molar refractivity (Wildman–Crippen MR) is 73.0 cm³/mol. The van der Waals surface area contributed by atoms with Crippen molar-refractivity contribution in [1.29, 1.82) is 0 Å². The summed E-state index contributed by atoms with van der Waals surface area (Å²) in [5.41, 5.74) is 3.33. The van der Waals surface area contributed by atoms with Crippen molar-refractivity contribution in [3.8, 4) is 0 Å². The molecule has 3 nitrogen and oxygen atoms in total. The molecule has 0 spiro atoms. The van der Waals surface area contributed by atoms with E-state index >= 15 is 0 Å². The van der Waals surface area contributed by atoms with Gasteiger partial charge in [-0.2, -0.15) is 0 Å². The highest BCUT2D eigenvalue weighted by Crippen LogP contribution is 2.23. The third-order valence-corrected chi connectivity index (χ3v) is 2.99. The Bertz CT molecular complexity index is 369. The number of alkyl halides is 1. The Kier molecular flexibility index (Phi) is 5.72. The topological polar surface area (TPSA) is 25.4 Å². The SMILES string of the molecule is CCOCCN(C)c1nc(C)cc(C)c1CCl. The second-order valence-electron chi connectivity index (χ2n) is 4.13. The maximum atomic E-state index is 6.00. The van der Waals surface area contributed by atoms with E-state index in [2.05, 4.69) is 22.9 Å². The smallest absolute Gasteiger partial charge is 0.133 e. The molecule has 0 fully saturated rings. The van der Waals surface area contributed by atoms with Crippen molar-refractivity contribution in [1.82, 2.24) is 4.98 Å². The molecule has 1 aromatic heterocycles. The van der Waals surface area contributed by atoms with Crippen LogP contribution in [-0.2, 0) is 10.6 Å². The Morgan fingerprint density at radius 3 is 2.71 bits per heavy atom. The van der Waals surface area contributed by atoms with Gasteiger partial charge in [-0.05, 0) is 32.4 Å². The molecule has 0 aromatic carbocycles. The molecule has 0 aliphatic heterocycles. The zero-order chi connectivity index (χ0) is 12.8. The van der Waals surface area contributed by atoms with Crippen LogP contribution in [0.4, 0.5) is 5.82 Å². The lowest BCUT2D eigenvalue weighted by molar-refractivity contribution is 0.154. The molecule has 1 heterocycles. The highest BCUT2D eigenvalue weighted by atomic mass is 35.5. The molecule has 1 rings (SSSR count). The molecule has 0 bridgehead atoms. The first-order valence-electron chi connectivity index (χ1n) is 5.92. The number of pyridine rings is 1. The van der Waals surface area contributed by atoms with Crippen molar-refractivity contribution in [2.45, 2.75) is 26.7 Å². The molecule has 1 aromatic rings. The summed E-state index contributed by atoms with van der Waals surface area (Å²) in [6.45, 7) is 8.37. The van der Waals surface area contributed by atoms with Crippen LogP contribution in [0.1, 0.15) is 23.7 Å². The van der Waals surface area contributed by atoms with Crippen LogP contribution in [0.25, 0.3) is 0 Å². The second kappa shape index (κ2) is 6.82. The summed E-state index contributed by atoms with van der Waals surface area (Å²) in [6.07, 6.45) is 0. The van der Waals surface area contributed by atoms with E-state index in [1.165, 1.54) is 5.56 Å². The number of rotatable bonds is 6. The Morgan fingerprint density at radius 2 is 2.12 bits per heavy atom. The van der Waals surface area contributed by atoms with E-state index in [1.807, 2.05) is 20.9 Å². The van der Waals surface area contributed by atoms with Gasteiger partial charge in [0, 0.05) is 31.5 Å². The van der Waals surface area contributed by atoms with Crippen LogP contribution >= 0.6 is 11.6 Å². The minimum Gasteiger partial charge on any atom is -0.380 e. The van der Waals surface area contributed by atoms with Crippen molar-refractivity contribution >= 4 is 17.4 Å². The Hall–Kier alpha value is -0.800. The van der Waals surface area contributed by atoms with Gasteiger partial charge in [-0.15, -0.1) is 11.6 Å². The van der Waals surface area contributed by atoms with Crippen LogP contribution in [0.5, 0.6) is 0 Å². The number of hydrogen-bond donors (Lipinski definition) is 0. The van der Waals surface area contributed by atoms with E-state index < -0.39 is 0 Å². The van der Waals surface area contributed by atoms with E-state index in [0.717, 1.165) is 30.2 Å². The maximum Gasteiger partial charge on any atom is 0.133 e. The molecule has 4 heteroatoms. The molecular weight excluding hydrogens is 236 g/mol. The normalized spacial score (nSPS) is 10.6. The quantitative estimate of drug-likeness (QED) is 0.578. The van der Waals surface area contributed by atoms with Gasteiger partial charge in [0.1, 0.15) is 5.82 Å². The largest absolute Gasteiger partial charge is 0.380 e. The van der Waals surface area contributed by atoms with Crippen molar-refractivity contribution in [2.24, 2.45) is 0 Å². The standard InChI is InChI=1S/C13H21ClN2O/c1-5-17-7-6-16(4)13-12(9-14)10(2)8-11(3)15-13/h8H,5-7,9H2,1-4H3. The van der Waals surface area contributed by atoms with E-state index in [9.17, 15) is 0 Å². The van der Waals surface area contributed by atoms with Crippen molar-refractivity contribution in [2.75, 3.05) is 31.7 Å². The van der Waals surface area contributed by atoms with Gasteiger partial charge < -0.3 is 9.64 Å². The lowest BCUT2D eigenvalue weighted by Gasteiger charge is -2.22. The molecule has 0 radical (unpaired) electrons. The summed E-state index contributed by atoms with van der Waals surface area (Å²) in [5.74, 6) is 1.46. The van der Waals surface area contributed by atoms with E-state index in [0.29, 0.717) is 12.5 Å². The summed E-state index contributed by atoms with van der Waals surface area (Å²) in [4.78, 5) is 6.67. The number of aryl methyl sites for hydroxylation is 2. The summed E-state index contributed by atoms with van der Waals surface area (Å²) < 4.78 is 5.36. The third-order valence-electron chi connectivity index (χ3n) is 2.72. The number of hydrogen-bond acceptors (Lipinski definition) is 3. The number of ether oxygens (including phenoxy) is 1. The van der Waals surface area contributed by atoms with Gasteiger partial charge in [0.2, 0.25) is 0 Å². The number of nitrogens with zero attached hydrogens (tertiary/aromatic N) is 2. The minimum atomic E-state index is 0.493. The van der Waals surface area contributed by atoms with Gasteiger partial charge >= 0.3 is 0 Å². The van der Waals surface area contributed by atoms with Crippen LogP contribution in [0.3, 0.4) is 0 Å². The van der Waals surface area contributed by atoms with Gasteiger partial charge in [0.05, 0.1) is 12.5 Å².